The lowest BCUT2D eigenvalue weighted by Gasteiger charge is -2.19. The minimum Gasteiger partial charge on any atom is -0.343 e. The minimum absolute atomic E-state index is 0.279. The first-order valence-corrected chi connectivity index (χ1v) is 8.32. The van der Waals surface area contributed by atoms with Gasteiger partial charge in [0.1, 0.15) is 5.69 Å². The normalized spacial score (nSPS) is 10.4. The minimum atomic E-state index is -0.371. The molecule has 3 aromatic rings. The molecule has 0 aliphatic rings. The molecule has 0 atom stereocenters. The molecule has 4 nitrogen and oxygen atoms in total. The molecular weight excluding hydrogens is 357 g/mol. The van der Waals surface area contributed by atoms with E-state index in [2.05, 4.69) is 10.3 Å². The van der Waals surface area contributed by atoms with Crippen LogP contribution in [0.1, 0.15) is 10.5 Å². The lowest BCUT2D eigenvalue weighted by atomic mass is 10.2. The number of carbonyl (C=O) groups excluding carboxylic acids is 1. The second-order valence-corrected chi connectivity index (χ2v) is 6.16. The largest absolute Gasteiger partial charge is 0.343 e. The zero-order valence-corrected chi connectivity index (χ0v) is 14.9. The lowest BCUT2D eigenvalue weighted by Crippen LogP contribution is -2.15. The number of para-hydroxylation sites is 2. The van der Waals surface area contributed by atoms with Gasteiger partial charge in [0.05, 0.1) is 27.6 Å². The molecule has 1 heterocycles. The van der Waals surface area contributed by atoms with Crippen LogP contribution in [0, 0.1) is 0 Å². The van der Waals surface area contributed by atoms with Gasteiger partial charge in [-0.3, -0.25) is 4.79 Å². The van der Waals surface area contributed by atoms with Gasteiger partial charge in [-0.15, -0.1) is 0 Å². The molecule has 0 aliphatic carbocycles. The number of amides is 1. The molecule has 0 spiro atoms. The van der Waals surface area contributed by atoms with Crippen LogP contribution in [0.5, 0.6) is 0 Å². The van der Waals surface area contributed by atoms with E-state index in [0.29, 0.717) is 15.7 Å². The molecule has 0 fully saturated rings. The maximum atomic E-state index is 12.4. The van der Waals surface area contributed by atoms with E-state index in [-0.39, 0.29) is 11.6 Å². The predicted octanol–water partition coefficient (Wildman–Crippen LogP) is 5.41. The van der Waals surface area contributed by atoms with Crippen molar-refractivity contribution in [2.45, 2.75) is 0 Å². The van der Waals surface area contributed by atoms with Gasteiger partial charge >= 0.3 is 0 Å². The monoisotopic (exact) mass is 371 g/mol. The van der Waals surface area contributed by atoms with Crippen molar-refractivity contribution in [1.82, 2.24) is 4.98 Å². The van der Waals surface area contributed by atoms with Crippen molar-refractivity contribution in [3.05, 3.63) is 82.6 Å². The fourth-order valence-electron chi connectivity index (χ4n) is 2.31. The standard InChI is InChI=1S/C19H15Cl2N3O/c1-24(13-6-3-2-4-7-13)14-10-11-17(22-12-14)19(25)23-18-15(20)8-5-9-16(18)21/h2-12H,1H3,(H,23,25). The predicted molar refractivity (Wildman–Crippen MR) is 103 cm³/mol. The maximum Gasteiger partial charge on any atom is 0.274 e. The molecule has 1 N–H and O–H groups in total. The first kappa shape index (κ1) is 17.3. The number of carbonyl (C=O) groups is 1. The van der Waals surface area contributed by atoms with E-state index in [1.165, 1.54) is 0 Å². The van der Waals surface area contributed by atoms with Crippen LogP contribution in [0.4, 0.5) is 17.1 Å². The van der Waals surface area contributed by atoms with Crippen LogP contribution in [0.25, 0.3) is 0 Å². The summed E-state index contributed by atoms with van der Waals surface area (Å²) in [5.74, 6) is -0.371. The molecule has 0 unspecified atom stereocenters. The van der Waals surface area contributed by atoms with Gasteiger partial charge in [0, 0.05) is 12.7 Å². The van der Waals surface area contributed by atoms with Gasteiger partial charge in [-0.05, 0) is 36.4 Å². The average Bonchev–Trinajstić information content (AvgIpc) is 2.65. The van der Waals surface area contributed by atoms with Crippen molar-refractivity contribution in [1.29, 1.82) is 0 Å². The third-order valence-corrected chi connectivity index (χ3v) is 4.34. The Hall–Kier alpha value is -2.56. The number of hydrogen-bond acceptors (Lipinski definition) is 3. The Kier molecular flexibility index (Phi) is 5.22. The number of aromatic nitrogens is 1. The summed E-state index contributed by atoms with van der Waals surface area (Å²) in [5.41, 5.74) is 2.56. The highest BCUT2D eigenvalue weighted by molar-refractivity contribution is 6.40. The fraction of sp³-hybridized carbons (Fsp3) is 0.0526. The Balaban J connectivity index is 1.77. The van der Waals surface area contributed by atoms with Crippen molar-refractivity contribution in [3.63, 3.8) is 0 Å². The van der Waals surface area contributed by atoms with Gasteiger partial charge in [0.2, 0.25) is 0 Å². The number of hydrogen-bond donors (Lipinski definition) is 1. The highest BCUT2D eigenvalue weighted by atomic mass is 35.5. The van der Waals surface area contributed by atoms with E-state index in [9.17, 15) is 4.79 Å². The molecule has 6 heteroatoms. The van der Waals surface area contributed by atoms with Crippen LogP contribution in [0.2, 0.25) is 10.0 Å². The molecule has 0 saturated heterocycles. The molecule has 1 amide bonds. The topological polar surface area (TPSA) is 45.2 Å². The number of pyridine rings is 1. The molecular formula is C19H15Cl2N3O. The van der Waals surface area contributed by atoms with Crippen molar-refractivity contribution in [3.8, 4) is 0 Å². The zero-order chi connectivity index (χ0) is 17.8. The maximum absolute atomic E-state index is 12.4. The van der Waals surface area contributed by atoms with E-state index < -0.39 is 0 Å². The number of anilines is 3. The third kappa shape index (κ3) is 3.92. The molecule has 25 heavy (non-hydrogen) atoms. The Morgan fingerprint density at radius 2 is 1.60 bits per heavy atom. The van der Waals surface area contributed by atoms with E-state index >= 15 is 0 Å². The average molecular weight is 372 g/mol. The number of halogens is 2. The lowest BCUT2D eigenvalue weighted by molar-refractivity contribution is 0.102. The Labute approximate surface area is 156 Å². The van der Waals surface area contributed by atoms with E-state index in [4.69, 9.17) is 23.2 Å². The molecule has 1 aromatic heterocycles. The first-order valence-electron chi connectivity index (χ1n) is 7.56. The summed E-state index contributed by atoms with van der Waals surface area (Å²) in [7, 11) is 1.94. The first-order chi connectivity index (χ1) is 12.1. The Morgan fingerprint density at radius 3 is 2.20 bits per heavy atom. The highest BCUT2D eigenvalue weighted by Gasteiger charge is 2.13. The zero-order valence-electron chi connectivity index (χ0n) is 13.4. The van der Waals surface area contributed by atoms with Crippen molar-refractivity contribution in [2.75, 3.05) is 17.3 Å². The smallest absolute Gasteiger partial charge is 0.274 e. The van der Waals surface area contributed by atoms with Gasteiger partial charge in [0.25, 0.3) is 5.91 Å². The third-order valence-electron chi connectivity index (χ3n) is 3.71. The van der Waals surface area contributed by atoms with Crippen LogP contribution in [-0.2, 0) is 0 Å². The highest BCUT2D eigenvalue weighted by Crippen LogP contribution is 2.30. The molecule has 0 bridgehead atoms. The van der Waals surface area contributed by atoms with Crippen LogP contribution in [0.3, 0.4) is 0 Å². The van der Waals surface area contributed by atoms with E-state index in [0.717, 1.165) is 11.4 Å². The molecule has 0 aliphatic heterocycles. The summed E-state index contributed by atoms with van der Waals surface area (Å²) < 4.78 is 0. The number of nitrogens with one attached hydrogen (secondary N) is 1. The van der Waals surface area contributed by atoms with Gasteiger partial charge in [-0.25, -0.2) is 4.98 Å². The summed E-state index contributed by atoms with van der Waals surface area (Å²) in [6, 6.07) is 18.4. The van der Waals surface area contributed by atoms with Crippen LogP contribution in [-0.4, -0.2) is 17.9 Å². The number of nitrogens with zero attached hydrogens (tertiary/aromatic N) is 2. The van der Waals surface area contributed by atoms with Crippen molar-refractivity contribution < 1.29 is 4.79 Å². The Morgan fingerprint density at radius 1 is 0.920 bits per heavy atom. The van der Waals surface area contributed by atoms with E-state index in [1.54, 1.807) is 30.5 Å². The van der Waals surface area contributed by atoms with Crippen molar-refractivity contribution in [2.24, 2.45) is 0 Å². The molecule has 0 saturated carbocycles. The Bertz CT molecular complexity index is 863. The summed E-state index contributed by atoms with van der Waals surface area (Å²) in [5, 5.41) is 3.45. The quantitative estimate of drug-likeness (QED) is 0.666. The second kappa shape index (κ2) is 7.55. The van der Waals surface area contributed by atoms with Crippen LogP contribution in [0.15, 0.2) is 66.9 Å². The van der Waals surface area contributed by atoms with Crippen molar-refractivity contribution >= 4 is 46.2 Å². The SMILES string of the molecule is CN(c1ccccc1)c1ccc(C(=O)Nc2c(Cl)cccc2Cl)nc1. The number of benzene rings is 2. The van der Waals surface area contributed by atoms with Gasteiger partial charge in [-0.1, -0.05) is 47.5 Å². The molecule has 3 rings (SSSR count). The molecule has 126 valence electrons. The second-order valence-electron chi connectivity index (χ2n) is 5.35. The summed E-state index contributed by atoms with van der Waals surface area (Å²) in [4.78, 5) is 18.6. The molecule has 0 radical (unpaired) electrons. The summed E-state index contributed by atoms with van der Waals surface area (Å²) in [6.45, 7) is 0. The number of rotatable bonds is 4. The van der Waals surface area contributed by atoms with Crippen LogP contribution >= 0.6 is 23.2 Å². The fourth-order valence-corrected chi connectivity index (χ4v) is 2.81. The van der Waals surface area contributed by atoms with Gasteiger partial charge in [-0.2, -0.15) is 0 Å². The van der Waals surface area contributed by atoms with Gasteiger partial charge in [0.15, 0.2) is 0 Å². The summed E-state index contributed by atoms with van der Waals surface area (Å²) >= 11 is 12.1. The van der Waals surface area contributed by atoms with E-state index in [1.807, 2.05) is 48.3 Å². The van der Waals surface area contributed by atoms with Crippen LogP contribution < -0.4 is 10.2 Å². The van der Waals surface area contributed by atoms with Gasteiger partial charge < -0.3 is 10.2 Å². The summed E-state index contributed by atoms with van der Waals surface area (Å²) in [6.07, 6.45) is 1.65. The molecule has 2 aromatic carbocycles.